The molecule has 3 nitrogen and oxygen atoms in total. The monoisotopic (exact) mass is 335 g/mol. The van der Waals surface area contributed by atoms with Crippen LogP contribution in [0, 0.1) is 0 Å². The zero-order chi connectivity index (χ0) is 17.2. The van der Waals surface area contributed by atoms with Crippen molar-refractivity contribution >= 4 is 5.91 Å². The Bertz CT molecular complexity index is 783. The molecule has 1 saturated heterocycles. The fourth-order valence-electron chi connectivity index (χ4n) is 4.27. The van der Waals surface area contributed by atoms with Gasteiger partial charge in [-0.25, -0.2) is 0 Å². The van der Waals surface area contributed by atoms with Crippen LogP contribution in [0.15, 0.2) is 42.5 Å². The Kier molecular flexibility index (Phi) is 4.48. The third-order valence-corrected chi connectivity index (χ3v) is 5.57. The highest BCUT2D eigenvalue weighted by Gasteiger charge is 2.30. The number of methoxy groups -OCH3 is 1. The van der Waals surface area contributed by atoms with Gasteiger partial charge in [-0.2, -0.15) is 0 Å². The Balaban J connectivity index is 1.50. The van der Waals surface area contributed by atoms with E-state index in [1.807, 2.05) is 12.1 Å². The van der Waals surface area contributed by atoms with Crippen molar-refractivity contribution < 1.29 is 9.53 Å². The fourth-order valence-corrected chi connectivity index (χ4v) is 4.27. The molecule has 1 aliphatic carbocycles. The van der Waals surface area contributed by atoms with Gasteiger partial charge in [0.15, 0.2) is 0 Å². The quantitative estimate of drug-likeness (QED) is 0.842. The zero-order valence-corrected chi connectivity index (χ0v) is 14.8. The van der Waals surface area contributed by atoms with Crippen molar-refractivity contribution in [2.45, 2.75) is 44.6 Å². The molecule has 2 aliphatic rings. The van der Waals surface area contributed by atoms with Crippen LogP contribution in [-0.4, -0.2) is 24.5 Å². The lowest BCUT2D eigenvalue weighted by Gasteiger charge is -2.25. The largest absolute Gasteiger partial charge is 0.497 e. The summed E-state index contributed by atoms with van der Waals surface area (Å²) >= 11 is 0. The van der Waals surface area contributed by atoms with Gasteiger partial charge < -0.3 is 9.64 Å². The van der Waals surface area contributed by atoms with Crippen LogP contribution in [-0.2, 0) is 24.1 Å². The molecule has 2 aromatic carbocycles. The number of carbonyl (C=O) groups excluding carboxylic acids is 1. The molecule has 1 atom stereocenters. The molecule has 0 aromatic heterocycles. The summed E-state index contributed by atoms with van der Waals surface area (Å²) in [6.45, 7) is 0.853. The molecular weight excluding hydrogens is 310 g/mol. The highest BCUT2D eigenvalue weighted by atomic mass is 16.5. The summed E-state index contributed by atoms with van der Waals surface area (Å²) in [5, 5.41) is 0. The highest BCUT2D eigenvalue weighted by molar-refractivity contribution is 5.79. The molecule has 1 heterocycles. The van der Waals surface area contributed by atoms with Crippen LogP contribution >= 0.6 is 0 Å². The number of rotatable bonds is 4. The molecule has 1 amide bonds. The number of hydrogen-bond acceptors (Lipinski definition) is 2. The number of aryl methyl sites for hydroxylation is 2. The molecule has 0 radical (unpaired) electrons. The smallest absolute Gasteiger partial charge is 0.227 e. The van der Waals surface area contributed by atoms with Crippen molar-refractivity contribution in [1.82, 2.24) is 4.90 Å². The number of benzene rings is 2. The van der Waals surface area contributed by atoms with Gasteiger partial charge in [-0.3, -0.25) is 4.79 Å². The zero-order valence-electron chi connectivity index (χ0n) is 14.8. The van der Waals surface area contributed by atoms with Crippen molar-refractivity contribution in [2.75, 3.05) is 13.7 Å². The lowest BCUT2D eigenvalue weighted by atomic mass is 10.0. The molecule has 1 unspecified atom stereocenters. The Morgan fingerprint density at radius 2 is 2.00 bits per heavy atom. The molecule has 0 saturated carbocycles. The number of amides is 1. The minimum Gasteiger partial charge on any atom is -0.497 e. The first-order valence-corrected chi connectivity index (χ1v) is 9.29. The third kappa shape index (κ3) is 3.28. The van der Waals surface area contributed by atoms with Gasteiger partial charge in [-0.15, -0.1) is 0 Å². The maximum atomic E-state index is 12.9. The van der Waals surface area contributed by atoms with E-state index in [9.17, 15) is 4.79 Å². The average Bonchev–Trinajstić information content (AvgIpc) is 3.30. The van der Waals surface area contributed by atoms with E-state index in [4.69, 9.17) is 4.74 Å². The second-order valence-corrected chi connectivity index (χ2v) is 7.16. The average molecular weight is 335 g/mol. The van der Waals surface area contributed by atoms with E-state index in [-0.39, 0.29) is 11.9 Å². The van der Waals surface area contributed by atoms with Crippen LogP contribution in [0.3, 0.4) is 0 Å². The molecule has 4 rings (SSSR count). The molecule has 0 N–H and O–H groups in total. The van der Waals surface area contributed by atoms with E-state index in [1.165, 1.54) is 29.5 Å². The van der Waals surface area contributed by atoms with Crippen LogP contribution in [0.25, 0.3) is 0 Å². The van der Waals surface area contributed by atoms with Crippen LogP contribution in [0.5, 0.6) is 5.75 Å². The van der Waals surface area contributed by atoms with E-state index in [0.29, 0.717) is 6.42 Å². The Morgan fingerprint density at radius 1 is 1.12 bits per heavy atom. The Hall–Kier alpha value is -2.29. The van der Waals surface area contributed by atoms with E-state index in [0.717, 1.165) is 37.1 Å². The summed E-state index contributed by atoms with van der Waals surface area (Å²) in [6.07, 6.45) is 6.20. The number of fused-ring (bicyclic) bond motifs is 1. The summed E-state index contributed by atoms with van der Waals surface area (Å²) in [4.78, 5) is 15.0. The standard InChI is InChI=1S/C22H25NO2/c1-25-20-8-3-7-19(15-20)21-9-4-12-23(21)22(24)14-16-10-11-17-5-2-6-18(17)13-16/h3,7-8,10-11,13,15,21H,2,4-6,9,12,14H2,1H3. The van der Waals surface area contributed by atoms with Gasteiger partial charge in [0.25, 0.3) is 0 Å². The predicted molar refractivity (Wildman–Crippen MR) is 98.9 cm³/mol. The molecule has 25 heavy (non-hydrogen) atoms. The second kappa shape index (κ2) is 6.91. The maximum Gasteiger partial charge on any atom is 0.227 e. The summed E-state index contributed by atoms with van der Waals surface area (Å²) in [6, 6.07) is 14.9. The molecular formula is C22H25NO2. The maximum absolute atomic E-state index is 12.9. The van der Waals surface area contributed by atoms with E-state index >= 15 is 0 Å². The van der Waals surface area contributed by atoms with Crippen molar-refractivity contribution in [1.29, 1.82) is 0 Å². The van der Waals surface area contributed by atoms with Crippen LogP contribution in [0.1, 0.15) is 47.6 Å². The second-order valence-electron chi connectivity index (χ2n) is 7.16. The molecule has 2 aromatic rings. The van der Waals surface area contributed by atoms with Crippen molar-refractivity contribution in [3.05, 3.63) is 64.7 Å². The molecule has 3 heteroatoms. The number of ether oxygens (including phenoxy) is 1. The first-order valence-electron chi connectivity index (χ1n) is 9.29. The Labute approximate surface area is 149 Å². The van der Waals surface area contributed by atoms with Gasteiger partial charge >= 0.3 is 0 Å². The summed E-state index contributed by atoms with van der Waals surface area (Å²) in [5.74, 6) is 1.10. The lowest BCUT2D eigenvalue weighted by Crippen LogP contribution is -2.31. The normalized spacial score (nSPS) is 19.1. The topological polar surface area (TPSA) is 29.5 Å². The van der Waals surface area contributed by atoms with Gasteiger partial charge in [0.2, 0.25) is 5.91 Å². The van der Waals surface area contributed by atoms with Gasteiger partial charge in [0, 0.05) is 6.54 Å². The molecule has 1 fully saturated rings. The van der Waals surface area contributed by atoms with Crippen molar-refractivity contribution in [2.24, 2.45) is 0 Å². The number of hydrogen-bond donors (Lipinski definition) is 0. The first-order chi connectivity index (χ1) is 12.2. The molecule has 130 valence electrons. The number of likely N-dealkylation sites (tertiary alicyclic amines) is 1. The predicted octanol–water partition coefficient (Wildman–Crippen LogP) is 4.09. The van der Waals surface area contributed by atoms with Crippen LogP contribution in [0.4, 0.5) is 0 Å². The molecule has 1 aliphatic heterocycles. The van der Waals surface area contributed by atoms with E-state index < -0.39 is 0 Å². The van der Waals surface area contributed by atoms with Gasteiger partial charge in [-0.05, 0) is 66.5 Å². The summed E-state index contributed by atoms with van der Waals surface area (Å²) in [5.41, 5.74) is 5.24. The highest BCUT2D eigenvalue weighted by Crippen LogP contribution is 2.34. The first kappa shape index (κ1) is 16.2. The fraction of sp³-hybridized carbons (Fsp3) is 0.409. The van der Waals surface area contributed by atoms with Crippen LogP contribution in [0.2, 0.25) is 0 Å². The molecule has 0 spiro atoms. The summed E-state index contributed by atoms with van der Waals surface area (Å²) in [7, 11) is 1.69. The Morgan fingerprint density at radius 3 is 2.88 bits per heavy atom. The SMILES string of the molecule is COc1cccc(C2CCCN2C(=O)Cc2ccc3c(c2)CCC3)c1. The van der Waals surface area contributed by atoms with Crippen molar-refractivity contribution in [3.8, 4) is 5.75 Å². The van der Waals surface area contributed by atoms with E-state index in [2.05, 4.69) is 35.2 Å². The van der Waals surface area contributed by atoms with Gasteiger partial charge in [0.05, 0.1) is 19.6 Å². The summed E-state index contributed by atoms with van der Waals surface area (Å²) < 4.78 is 5.34. The minimum absolute atomic E-state index is 0.178. The van der Waals surface area contributed by atoms with Crippen molar-refractivity contribution in [3.63, 3.8) is 0 Å². The minimum atomic E-state index is 0.178. The van der Waals surface area contributed by atoms with Gasteiger partial charge in [0.1, 0.15) is 5.75 Å². The third-order valence-electron chi connectivity index (χ3n) is 5.57. The number of carbonyl (C=O) groups is 1. The van der Waals surface area contributed by atoms with Crippen LogP contribution < -0.4 is 4.74 Å². The van der Waals surface area contributed by atoms with E-state index in [1.54, 1.807) is 7.11 Å². The van der Waals surface area contributed by atoms with Gasteiger partial charge in [-0.1, -0.05) is 30.3 Å². The number of nitrogens with zero attached hydrogens (tertiary/aromatic N) is 1. The lowest BCUT2D eigenvalue weighted by molar-refractivity contribution is -0.131. The molecule has 0 bridgehead atoms.